The van der Waals surface area contributed by atoms with E-state index in [0.717, 1.165) is 35.8 Å². The molecular formula is C22H21FN2O4. The van der Waals surface area contributed by atoms with Gasteiger partial charge >= 0.3 is 0 Å². The van der Waals surface area contributed by atoms with Crippen molar-refractivity contribution >= 4 is 29.6 Å². The molecule has 0 N–H and O–H groups in total. The molecule has 0 aromatic heterocycles. The van der Waals surface area contributed by atoms with Crippen LogP contribution in [0.1, 0.15) is 45.4 Å². The van der Waals surface area contributed by atoms with Crippen LogP contribution in [0, 0.1) is 18.2 Å². The van der Waals surface area contributed by atoms with Gasteiger partial charge in [0, 0.05) is 24.5 Å². The highest BCUT2D eigenvalue weighted by Crippen LogP contribution is 2.50. The number of amides is 3. The quantitative estimate of drug-likeness (QED) is 0.579. The van der Waals surface area contributed by atoms with Crippen LogP contribution in [0.4, 0.5) is 15.8 Å². The number of carbonyl (C=O) groups excluding carboxylic acids is 3. The highest BCUT2D eigenvalue weighted by molar-refractivity contribution is 6.16. The predicted octanol–water partition coefficient (Wildman–Crippen LogP) is 3.10. The number of hydrogen-bond donors (Lipinski definition) is 0. The molecule has 0 radical (unpaired) electrons. The number of benzene rings is 1. The van der Waals surface area contributed by atoms with Gasteiger partial charge < -0.3 is 4.74 Å². The minimum absolute atomic E-state index is 0.0126. The number of ether oxygens (including phenoxy) is 1. The van der Waals surface area contributed by atoms with Gasteiger partial charge in [0.2, 0.25) is 6.41 Å². The molecule has 0 atom stereocenters. The topological polar surface area (TPSA) is 66.9 Å². The van der Waals surface area contributed by atoms with Crippen LogP contribution in [-0.4, -0.2) is 30.4 Å². The van der Waals surface area contributed by atoms with E-state index in [9.17, 15) is 18.8 Å². The number of carbonyl (C=O) groups is 3. The number of hydrogen-bond acceptors (Lipinski definition) is 4. The third kappa shape index (κ3) is 3.09. The number of terminal acetylenes is 1. The second kappa shape index (κ2) is 7.03. The lowest BCUT2D eigenvalue weighted by molar-refractivity contribution is -0.128. The first-order valence-corrected chi connectivity index (χ1v) is 9.67. The summed E-state index contributed by atoms with van der Waals surface area (Å²) in [6.07, 6.45) is 9.97. The van der Waals surface area contributed by atoms with Gasteiger partial charge in [-0.15, -0.1) is 6.42 Å². The monoisotopic (exact) mass is 396 g/mol. The lowest BCUT2D eigenvalue weighted by atomic mass is 9.92. The highest BCUT2D eigenvalue weighted by atomic mass is 19.1. The summed E-state index contributed by atoms with van der Waals surface area (Å²) in [5.41, 5.74) is 0.512. The predicted molar refractivity (Wildman–Crippen MR) is 105 cm³/mol. The van der Waals surface area contributed by atoms with Crippen molar-refractivity contribution < 1.29 is 23.5 Å². The van der Waals surface area contributed by atoms with Gasteiger partial charge in [0.25, 0.3) is 11.8 Å². The number of imide groups is 1. The minimum Gasteiger partial charge on any atom is -0.475 e. The van der Waals surface area contributed by atoms with Crippen LogP contribution >= 0.6 is 0 Å². The van der Waals surface area contributed by atoms with Crippen LogP contribution in [0.15, 0.2) is 23.3 Å². The van der Waals surface area contributed by atoms with Crippen molar-refractivity contribution in [3.63, 3.8) is 0 Å². The van der Waals surface area contributed by atoms with Crippen molar-refractivity contribution in [3.05, 3.63) is 29.1 Å². The van der Waals surface area contributed by atoms with Crippen LogP contribution in [0.5, 0.6) is 5.75 Å². The molecule has 3 aliphatic rings. The molecular weight excluding hydrogens is 375 g/mol. The molecule has 150 valence electrons. The first kappa shape index (κ1) is 19.2. The fourth-order valence-electron chi connectivity index (χ4n) is 4.00. The van der Waals surface area contributed by atoms with E-state index in [1.165, 1.54) is 11.0 Å². The highest BCUT2D eigenvalue weighted by Gasteiger charge is 2.58. The van der Waals surface area contributed by atoms with Crippen LogP contribution in [0.3, 0.4) is 0 Å². The number of halogens is 1. The maximum atomic E-state index is 14.9. The van der Waals surface area contributed by atoms with E-state index in [1.54, 1.807) is 0 Å². The van der Waals surface area contributed by atoms with Gasteiger partial charge in [-0.05, 0) is 38.7 Å². The average Bonchev–Trinajstić information content (AvgIpc) is 3.47. The summed E-state index contributed by atoms with van der Waals surface area (Å²) < 4.78 is 20.7. The van der Waals surface area contributed by atoms with Crippen molar-refractivity contribution in [2.24, 2.45) is 0 Å². The Kier molecular flexibility index (Phi) is 4.65. The molecule has 2 aliphatic carbocycles. The number of anilines is 2. The Bertz CT molecular complexity index is 987. The number of nitrogens with zero attached hydrogens (tertiary/aromatic N) is 2. The molecule has 29 heavy (non-hydrogen) atoms. The second-order valence-electron chi connectivity index (χ2n) is 7.71. The molecule has 1 fully saturated rings. The SMILES string of the molecule is C#CCN1C(=O)C2(CC2)Oc2cc(F)c(N(C=O)C(=O)C3=C(C)CCCC3)cc21. The molecule has 1 aromatic carbocycles. The van der Waals surface area contributed by atoms with Gasteiger partial charge in [-0.2, -0.15) is 0 Å². The summed E-state index contributed by atoms with van der Waals surface area (Å²) in [4.78, 5) is 39.6. The molecule has 0 unspecified atom stereocenters. The zero-order valence-corrected chi connectivity index (χ0v) is 16.2. The van der Waals surface area contributed by atoms with Crippen molar-refractivity contribution in [2.45, 2.75) is 51.0 Å². The van der Waals surface area contributed by atoms with Gasteiger partial charge in [0.05, 0.1) is 17.9 Å². The lowest BCUT2D eigenvalue weighted by Gasteiger charge is -2.34. The summed E-state index contributed by atoms with van der Waals surface area (Å²) in [5.74, 6) is 1.02. The Balaban J connectivity index is 1.77. The Hall–Kier alpha value is -3.14. The Morgan fingerprint density at radius 2 is 2.10 bits per heavy atom. The van der Waals surface area contributed by atoms with Crippen molar-refractivity contribution in [1.82, 2.24) is 0 Å². The van der Waals surface area contributed by atoms with E-state index in [4.69, 9.17) is 11.2 Å². The van der Waals surface area contributed by atoms with Crippen LogP contribution in [0.25, 0.3) is 0 Å². The van der Waals surface area contributed by atoms with Crippen LogP contribution in [0.2, 0.25) is 0 Å². The van der Waals surface area contributed by atoms with Crippen LogP contribution in [-0.2, 0) is 14.4 Å². The summed E-state index contributed by atoms with van der Waals surface area (Å²) >= 11 is 0. The van der Waals surface area contributed by atoms with E-state index >= 15 is 0 Å². The molecule has 3 amide bonds. The molecule has 0 saturated heterocycles. The van der Waals surface area contributed by atoms with Crippen molar-refractivity contribution in [2.75, 3.05) is 16.3 Å². The smallest absolute Gasteiger partial charge is 0.272 e. The third-order valence-corrected chi connectivity index (χ3v) is 5.80. The molecule has 1 saturated carbocycles. The minimum atomic E-state index is -0.970. The molecule has 7 heteroatoms. The molecule has 1 aliphatic heterocycles. The molecule has 1 spiro atoms. The molecule has 4 rings (SSSR count). The summed E-state index contributed by atoms with van der Waals surface area (Å²) in [5, 5.41) is 0. The average molecular weight is 396 g/mol. The van der Waals surface area contributed by atoms with Gasteiger partial charge in [0.15, 0.2) is 11.4 Å². The van der Waals surface area contributed by atoms with Crippen molar-refractivity contribution in [1.29, 1.82) is 0 Å². The Labute approximate surface area is 168 Å². The maximum Gasteiger partial charge on any atom is 0.272 e. The summed E-state index contributed by atoms with van der Waals surface area (Å²) in [7, 11) is 0. The fraction of sp³-hybridized carbons (Fsp3) is 0.409. The standard InChI is InChI=1S/C22H21FN2O4/c1-3-10-24-18-12-17(16(23)11-19(18)29-22(8-9-22)21(24)28)25(13-26)20(27)15-7-5-4-6-14(15)2/h1,11-13H,4-10H2,2H3. The number of rotatable bonds is 4. The van der Waals surface area contributed by atoms with E-state index in [1.807, 2.05) is 6.92 Å². The van der Waals surface area contributed by atoms with E-state index in [0.29, 0.717) is 31.2 Å². The van der Waals surface area contributed by atoms with Gasteiger partial charge in [-0.25, -0.2) is 9.29 Å². The normalized spacial score (nSPS) is 19.3. The third-order valence-electron chi connectivity index (χ3n) is 5.80. The molecule has 6 nitrogen and oxygen atoms in total. The zero-order chi connectivity index (χ0) is 20.8. The number of allylic oxidation sites excluding steroid dienone is 1. The van der Waals surface area contributed by atoms with E-state index in [-0.39, 0.29) is 29.6 Å². The molecule has 0 bridgehead atoms. The maximum absolute atomic E-state index is 14.9. The van der Waals surface area contributed by atoms with Crippen molar-refractivity contribution in [3.8, 4) is 18.1 Å². The lowest BCUT2D eigenvalue weighted by Crippen LogP contribution is -2.48. The van der Waals surface area contributed by atoms with Gasteiger partial charge in [-0.3, -0.25) is 19.3 Å². The molecule has 1 aromatic rings. The first-order valence-electron chi connectivity index (χ1n) is 9.67. The number of fused-ring (bicyclic) bond motifs is 1. The summed E-state index contributed by atoms with van der Waals surface area (Å²) in [6, 6.07) is 2.41. The second-order valence-corrected chi connectivity index (χ2v) is 7.71. The van der Waals surface area contributed by atoms with Gasteiger partial charge in [-0.1, -0.05) is 11.5 Å². The molecule has 1 heterocycles. The van der Waals surface area contributed by atoms with E-state index < -0.39 is 17.3 Å². The zero-order valence-electron chi connectivity index (χ0n) is 16.2. The first-order chi connectivity index (χ1) is 13.9. The Morgan fingerprint density at radius 1 is 1.38 bits per heavy atom. The fourth-order valence-corrected chi connectivity index (χ4v) is 4.00. The van der Waals surface area contributed by atoms with Gasteiger partial charge in [0.1, 0.15) is 5.75 Å². The Morgan fingerprint density at radius 3 is 2.72 bits per heavy atom. The summed E-state index contributed by atoms with van der Waals surface area (Å²) in [6.45, 7) is 1.84. The van der Waals surface area contributed by atoms with E-state index in [2.05, 4.69) is 5.92 Å². The largest absolute Gasteiger partial charge is 0.475 e. The van der Waals surface area contributed by atoms with Crippen LogP contribution < -0.4 is 14.5 Å².